The zero-order valence-corrected chi connectivity index (χ0v) is 10.3. The second-order valence-electron chi connectivity index (χ2n) is 4.04. The average Bonchev–Trinajstić information content (AvgIpc) is 2.33. The number of amides is 1. The molecule has 0 spiro atoms. The van der Waals surface area contributed by atoms with Gasteiger partial charge in [-0.15, -0.1) is 0 Å². The van der Waals surface area contributed by atoms with Crippen molar-refractivity contribution in [3.8, 4) is 0 Å². The summed E-state index contributed by atoms with van der Waals surface area (Å²) in [5, 5.41) is 2.23. The lowest BCUT2D eigenvalue weighted by Crippen LogP contribution is -2.22. The van der Waals surface area contributed by atoms with Gasteiger partial charge in [-0.2, -0.15) is 26.3 Å². The Labute approximate surface area is 110 Å². The van der Waals surface area contributed by atoms with Gasteiger partial charge in [0.1, 0.15) is 0 Å². The second kappa shape index (κ2) is 5.72. The van der Waals surface area contributed by atoms with Gasteiger partial charge in [0.25, 0.3) is 0 Å². The monoisotopic (exact) mass is 299 g/mol. The Morgan fingerprint density at radius 1 is 1.00 bits per heavy atom. The smallest absolute Gasteiger partial charge is 0.352 e. The molecule has 0 saturated carbocycles. The number of hydrogen-bond donors (Lipinski definition) is 1. The fraction of sp³-hybridized carbons (Fsp3) is 0.417. The quantitative estimate of drug-likeness (QED) is 0.846. The van der Waals surface area contributed by atoms with Crippen LogP contribution in [0.3, 0.4) is 0 Å². The number of carbonyl (C=O) groups excluding carboxylic acids is 1. The van der Waals surface area contributed by atoms with Crippen LogP contribution in [-0.4, -0.2) is 5.91 Å². The van der Waals surface area contributed by atoms with Crippen molar-refractivity contribution in [2.24, 2.45) is 0 Å². The van der Waals surface area contributed by atoms with E-state index in [1.165, 1.54) is 6.92 Å². The van der Waals surface area contributed by atoms with Crippen LogP contribution in [0.2, 0.25) is 0 Å². The van der Waals surface area contributed by atoms with Gasteiger partial charge in [-0.1, -0.05) is 6.92 Å². The fourth-order valence-electron chi connectivity index (χ4n) is 1.45. The molecular weight excluding hydrogens is 288 g/mol. The minimum Gasteiger partial charge on any atom is -0.352 e. The molecule has 0 saturated heterocycles. The lowest BCUT2D eigenvalue weighted by atomic mass is 10.0. The van der Waals surface area contributed by atoms with Crippen LogP contribution in [0.25, 0.3) is 0 Å². The number of halogens is 6. The molecule has 1 N–H and O–H groups in total. The molecule has 0 radical (unpaired) electrons. The minimum absolute atomic E-state index is 0.0468. The van der Waals surface area contributed by atoms with Gasteiger partial charge in [0, 0.05) is 13.0 Å². The SMILES string of the molecule is CCC(=O)NCc1cc(C(F)(F)F)cc(C(F)(F)F)c1. The molecule has 0 aliphatic carbocycles. The van der Waals surface area contributed by atoms with Crippen molar-refractivity contribution in [1.29, 1.82) is 0 Å². The number of alkyl halides is 6. The van der Waals surface area contributed by atoms with E-state index in [0.717, 1.165) is 0 Å². The van der Waals surface area contributed by atoms with Gasteiger partial charge in [-0.05, 0) is 23.8 Å². The molecular formula is C12H11F6NO. The van der Waals surface area contributed by atoms with E-state index in [2.05, 4.69) is 5.32 Å². The topological polar surface area (TPSA) is 29.1 Å². The number of carbonyl (C=O) groups is 1. The predicted molar refractivity (Wildman–Crippen MR) is 58.6 cm³/mol. The Balaban J connectivity index is 3.14. The number of rotatable bonds is 3. The fourth-order valence-corrected chi connectivity index (χ4v) is 1.45. The lowest BCUT2D eigenvalue weighted by Gasteiger charge is -2.14. The average molecular weight is 299 g/mol. The van der Waals surface area contributed by atoms with E-state index in [1.54, 1.807) is 0 Å². The molecule has 2 nitrogen and oxygen atoms in total. The maximum atomic E-state index is 12.5. The maximum absolute atomic E-state index is 12.5. The number of benzene rings is 1. The molecule has 0 aliphatic heterocycles. The van der Waals surface area contributed by atoms with E-state index < -0.39 is 29.4 Å². The highest BCUT2D eigenvalue weighted by Crippen LogP contribution is 2.36. The first-order chi connectivity index (χ1) is 9.04. The molecule has 0 fully saturated rings. The van der Waals surface area contributed by atoms with Crippen LogP contribution in [0.5, 0.6) is 0 Å². The van der Waals surface area contributed by atoms with E-state index >= 15 is 0 Å². The summed E-state index contributed by atoms with van der Waals surface area (Å²) in [6, 6.07) is 1.22. The van der Waals surface area contributed by atoms with Crippen LogP contribution in [0.1, 0.15) is 30.0 Å². The predicted octanol–water partition coefficient (Wildman–Crippen LogP) is 3.75. The van der Waals surface area contributed by atoms with Gasteiger partial charge in [-0.3, -0.25) is 4.79 Å². The number of nitrogens with one attached hydrogen (secondary N) is 1. The summed E-state index contributed by atoms with van der Waals surface area (Å²) in [5.41, 5.74) is -3.05. The normalized spacial score (nSPS) is 12.3. The molecule has 112 valence electrons. The van der Waals surface area contributed by atoms with Crippen molar-refractivity contribution in [2.75, 3.05) is 0 Å². The van der Waals surface area contributed by atoms with Crippen molar-refractivity contribution < 1.29 is 31.1 Å². The molecule has 1 rings (SSSR count). The third-order valence-electron chi connectivity index (χ3n) is 2.46. The summed E-state index contributed by atoms with van der Waals surface area (Å²) in [4.78, 5) is 11.0. The van der Waals surface area contributed by atoms with Gasteiger partial charge in [0.05, 0.1) is 11.1 Å². The van der Waals surface area contributed by atoms with Gasteiger partial charge < -0.3 is 5.32 Å². The largest absolute Gasteiger partial charge is 0.416 e. The van der Waals surface area contributed by atoms with E-state index in [1.807, 2.05) is 0 Å². The molecule has 8 heteroatoms. The number of hydrogen-bond acceptors (Lipinski definition) is 1. The first-order valence-electron chi connectivity index (χ1n) is 5.59. The van der Waals surface area contributed by atoms with E-state index in [-0.39, 0.29) is 24.6 Å². The Hall–Kier alpha value is -1.73. The van der Waals surface area contributed by atoms with Crippen LogP contribution in [-0.2, 0) is 23.7 Å². The first kappa shape index (κ1) is 16.3. The summed E-state index contributed by atoms with van der Waals surface area (Å²) in [7, 11) is 0. The van der Waals surface area contributed by atoms with Crippen LogP contribution < -0.4 is 5.32 Å². The van der Waals surface area contributed by atoms with E-state index in [4.69, 9.17) is 0 Å². The van der Waals surface area contributed by atoms with Crippen molar-refractivity contribution in [2.45, 2.75) is 32.2 Å². The van der Waals surface area contributed by atoms with Crippen LogP contribution in [0.15, 0.2) is 18.2 Å². The van der Waals surface area contributed by atoms with Crippen LogP contribution >= 0.6 is 0 Å². The van der Waals surface area contributed by atoms with Crippen molar-refractivity contribution in [1.82, 2.24) is 5.32 Å². The standard InChI is InChI=1S/C12H11F6NO/c1-2-10(20)19-6-7-3-8(11(13,14)15)5-9(4-7)12(16,17)18/h3-5H,2,6H2,1H3,(H,19,20). The highest BCUT2D eigenvalue weighted by molar-refractivity contribution is 5.75. The molecule has 1 amide bonds. The molecule has 0 heterocycles. The maximum Gasteiger partial charge on any atom is 0.416 e. The Morgan fingerprint density at radius 2 is 1.45 bits per heavy atom. The molecule has 0 aromatic heterocycles. The van der Waals surface area contributed by atoms with Crippen molar-refractivity contribution in [3.63, 3.8) is 0 Å². The summed E-state index contributed by atoms with van der Waals surface area (Å²) in [6.07, 6.45) is -9.68. The van der Waals surface area contributed by atoms with Crippen molar-refractivity contribution in [3.05, 3.63) is 34.9 Å². The molecule has 1 aromatic rings. The first-order valence-corrected chi connectivity index (χ1v) is 5.59. The Morgan fingerprint density at radius 3 is 1.80 bits per heavy atom. The van der Waals surface area contributed by atoms with Gasteiger partial charge in [0.2, 0.25) is 5.91 Å². The zero-order chi connectivity index (χ0) is 15.6. The molecule has 0 atom stereocenters. The lowest BCUT2D eigenvalue weighted by molar-refractivity contribution is -0.143. The molecule has 0 bridgehead atoms. The minimum atomic E-state index is -4.88. The van der Waals surface area contributed by atoms with Crippen LogP contribution in [0.4, 0.5) is 26.3 Å². The Bertz CT molecular complexity index is 459. The summed E-state index contributed by atoms with van der Waals surface area (Å²) < 4.78 is 75.3. The summed E-state index contributed by atoms with van der Waals surface area (Å²) in [6.45, 7) is 1.13. The van der Waals surface area contributed by atoms with Gasteiger partial charge >= 0.3 is 12.4 Å². The third kappa shape index (κ3) is 4.43. The molecule has 0 unspecified atom stereocenters. The summed E-state index contributed by atoms with van der Waals surface area (Å²) in [5.74, 6) is -0.462. The molecule has 20 heavy (non-hydrogen) atoms. The van der Waals surface area contributed by atoms with E-state index in [9.17, 15) is 31.1 Å². The van der Waals surface area contributed by atoms with E-state index in [0.29, 0.717) is 12.1 Å². The molecule has 1 aromatic carbocycles. The Kier molecular flexibility index (Phi) is 4.67. The van der Waals surface area contributed by atoms with Crippen molar-refractivity contribution >= 4 is 5.91 Å². The molecule has 0 aliphatic rings. The van der Waals surface area contributed by atoms with Gasteiger partial charge in [0.15, 0.2) is 0 Å². The second-order valence-corrected chi connectivity index (χ2v) is 4.04. The van der Waals surface area contributed by atoms with Gasteiger partial charge in [-0.25, -0.2) is 0 Å². The van der Waals surface area contributed by atoms with Crippen LogP contribution in [0, 0.1) is 0 Å². The zero-order valence-electron chi connectivity index (χ0n) is 10.3. The summed E-state index contributed by atoms with van der Waals surface area (Å²) >= 11 is 0. The highest BCUT2D eigenvalue weighted by atomic mass is 19.4. The highest BCUT2D eigenvalue weighted by Gasteiger charge is 2.36. The third-order valence-corrected chi connectivity index (χ3v) is 2.46.